The fourth-order valence-electron chi connectivity index (χ4n) is 1.69. The largest absolute Gasteiger partial charge is 0.493 e. The van der Waals surface area contributed by atoms with Crippen LogP contribution in [-0.4, -0.2) is 25.6 Å². The van der Waals surface area contributed by atoms with Crippen molar-refractivity contribution in [1.82, 2.24) is 5.16 Å². The first-order valence-corrected chi connectivity index (χ1v) is 6.44. The van der Waals surface area contributed by atoms with E-state index in [0.717, 1.165) is 16.0 Å². The highest BCUT2D eigenvalue weighted by Gasteiger charge is 2.16. The van der Waals surface area contributed by atoms with E-state index in [1.807, 2.05) is 18.4 Å². The zero-order valence-corrected chi connectivity index (χ0v) is 11.2. The maximum Gasteiger partial charge on any atom is 0.229 e. The number of nitrogens with two attached hydrogens (primary N) is 1. The summed E-state index contributed by atoms with van der Waals surface area (Å²) in [7, 11) is 3.20. The summed E-state index contributed by atoms with van der Waals surface area (Å²) < 4.78 is 15.5. The average Bonchev–Trinajstić information content (AvgIpc) is 2.83. The molecule has 0 amide bonds. The van der Waals surface area contributed by atoms with E-state index >= 15 is 0 Å². The van der Waals surface area contributed by atoms with Gasteiger partial charge in [-0.1, -0.05) is 5.16 Å². The molecule has 0 saturated heterocycles. The maximum absolute atomic E-state index is 5.75. The smallest absolute Gasteiger partial charge is 0.229 e. The first-order valence-electron chi connectivity index (χ1n) is 5.21. The Balaban J connectivity index is 2.62. The fraction of sp³-hybridized carbons (Fsp3) is 0.250. The molecule has 0 unspecified atom stereocenters. The minimum atomic E-state index is 0.289. The number of anilines is 1. The van der Waals surface area contributed by atoms with Crippen molar-refractivity contribution in [2.45, 2.75) is 4.90 Å². The quantitative estimate of drug-likeness (QED) is 0.858. The molecule has 96 valence electrons. The topological polar surface area (TPSA) is 70.5 Å². The van der Waals surface area contributed by atoms with Gasteiger partial charge < -0.3 is 19.7 Å². The molecule has 0 fully saturated rings. The number of nitrogens with zero attached hydrogens (tertiary/aromatic N) is 1. The number of hydrogen-bond donors (Lipinski definition) is 1. The number of thioether (sulfide) groups is 1. The summed E-state index contributed by atoms with van der Waals surface area (Å²) in [6.45, 7) is 0. The summed E-state index contributed by atoms with van der Waals surface area (Å²) in [6.07, 6.45) is 3.57. The van der Waals surface area contributed by atoms with Crippen LogP contribution < -0.4 is 15.2 Å². The molecule has 0 aliphatic carbocycles. The van der Waals surface area contributed by atoms with Gasteiger partial charge >= 0.3 is 0 Å². The number of hydrogen-bond acceptors (Lipinski definition) is 6. The van der Waals surface area contributed by atoms with Gasteiger partial charge in [0.15, 0.2) is 11.5 Å². The lowest BCUT2D eigenvalue weighted by atomic mass is 10.1. The van der Waals surface area contributed by atoms with Crippen LogP contribution in [0.4, 0.5) is 5.88 Å². The van der Waals surface area contributed by atoms with Gasteiger partial charge in [-0.25, -0.2) is 0 Å². The van der Waals surface area contributed by atoms with E-state index in [-0.39, 0.29) is 5.88 Å². The monoisotopic (exact) mass is 266 g/mol. The van der Waals surface area contributed by atoms with Gasteiger partial charge in [-0.05, 0) is 18.4 Å². The molecule has 2 aromatic rings. The predicted octanol–water partition coefficient (Wildman–Crippen LogP) is 2.66. The molecule has 18 heavy (non-hydrogen) atoms. The Labute approximate surface area is 109 Å². The molecule has 0 spiro atoms. The van der Waals surface area contributed by atoms with Crippen LogP contribution in [0.2, 0.25) is 0 Å². The van der Waals surface area contributed by atoms with Crippen molar-refractivity contribution >= 4 is 17.6 Å². The predicted molar refractivity (Wildman–Crippen MR) is 71.2 cm³/mol. The van der Waals surface area contributed by atoms with Gasteiger partial charge in [0.2, 0.25) is 5.88 Å². The summed E-state index contributed by atoms with van der Waals surface area (Å²) >= 11 is 1.59. The van der Waals surface area contributed by atoms with Gasteiger partial charge in [-0.3, -0.25) is 0 Å². The van der Waals surface area contributed by atoms with E-state index in [1.165, 1.54) is 0 Å². The number of methoxy groups -OCH3 is 2. The van der Waals surface area contributed by atoms with Crippen molar-refractivity contribution in [1.29, 1.82) is 0 Å². The van der Waals surface area contributed by atoms with Crippen LogP contribution in [0.3, 0.4) is 0 Å². The van der Waals surface area contributed by atoms with E-state index in [0.29, 0.717) is 11.5 Å². The highest BCUT2D eigenvalue weighted by molar-refractivity contribution is 7.98. The second kappa shape index (κ2) is 5.22. The second-order valence-electron chi connectivity index (χ2n) is 3.51. The summed E-state index contributed by atoms with van der Waals surface area (Å²) in [5.41, 5.74) is 7.41. The Morgan fingerprint density at radius 2 is 1.83 bits per heavy atom. The van der Waals surface area contributed by atoms with Crippen molar-refractivity contribution in [2.24, 2.45) is 0 Å². The second-order valence-corrected chi connectivity index (χ2v) is 4.36. The lowest BCUT2D eigenvalue weighted by Gasteiger charge is -2.12. The molecule has 2 N–H and O–H groups in total. The molecule has 6 heteroatoms. The molecule has 1 aromatic heterocycles. The van der Waals surface area contributed by atoms with Gasteiger partial charge in [0.25, 0.3) is 0 Å². The van der Waals surface area contributed by atoms with Gasteiger partial charge in [-0.2, -0.15) is 0 Å². The maximum atomic E-state index is 5.75. The zero-order valence-electron chi connectivity index (χ0n) is 10.4. The molecule has 1 aromatic carbocycles. The third-order valence-electron chi connectivity index (χ3n) is 2.59. The molecule has 0 aliphatic heterocycles. The SMILES string of the molecule is COc1cc(SC)c(-c2cnoc2N)cc1OC. The van der Waals surface area contributed by atoms with Crippen molar-refractivity contribution in [2.75, 3.05) is 26.2 Å². The Hall–Kier alpha value is -1.82. The standard InChI is InChI=1S/C12H14N2O3S/c1-15-9-4-7(8-6-14-17-12(8)13)11(18-3)5-10(9)16-2/h4-6H,13H2,1-3H3. The molecule has 2 rings (SSSR count). The highest BCUT2D eigenvalue weighted by Crippen LogP contribution is 2.41. The van der Waals surface area contributed by atoms with E-state index < -0.39 is 0 Å². The summed E-state index contributed by atoms with van der Waals surface area (Å²) in [5, 5.41) is 3.69. The lowest BCUT2D eigenvalue weighted by Crippen LogP contribution is -1.94. The van der Waals surface area contributed by atoms with Crippen LogP contribution in [0.1, 0.15) is 0 Å². The summed E-state index contributed by atoms with van der Waals surface area (Å²) in [5.74, 6) is 1.61. The number of nitrogen functional groups attached to an aromatic ring is 1. The van der Waals surface area contributed by atoms with E-state index in [9.17, 15) is 0 Å². The number of ether oxygens (including phenoxy) is 2. The molecule has 0 atom stereocenters. The van der Waals surface area contributed by atoms with Crippen LogP contribution in [-0.2, 0) is 0 Å². The van der Waals surface area contributed by atoms with E-state index in [2.05, 4.69) is 5.16 Å². The van der Waals surface area contributed by atoms with Gasteiger partial charge in [0.1, 0.15) is 0 Å². The van der Waals surface area contributed by atoms with Crippen molar-refractivity contribution in [3.8, 4) is 22.6 Å². The fourth-order valence-corrected chi connectivity index (χ4v) is 2.30. The van der Waals surface area contributed by atoms with Crippen LogP contribution >= 0.6 is 11.8 Å². The number of rotatable bonds is 4. The van der Waals surface area contributed by atoms with Gasteiger partial charge in [-0.15, -0.1) is 11.8 Å². The zero-order chi connectivity index (χ0) is 13.1. The first-order chi connectivity index (χ1) is 8.71. The molecule has 1 heterocycles. The van der Waals surface area contributed by atoms with Crippen LogP contribution in [0.5, 0.6) is 11.5 Å². The molecule has 0 aliphatic rings. The minimum Gasteiger partial charge on any atom is -0.493 e. The Morgan fingerprint density at radius 1 is 1.17 bits per heavy atom. The van der Waals surface area contributed by atoms with Gasteiger partial charge in [0, 0.05) is 10.5 Å². The van der Waals surface area contributed by atoms with Crippen molar-refractivity contribution in [3.05, 3.63) is 18.3 Å². The average molecular weight is 266 g/mol. The summed E-state index contributed by atoms with van der Waals surface area (Å²) in [4.78, 5) is 1.02. The van der Waals surface area contributed by atoms with Gasteiger partial charge in [0.05, 0.1) is 26.0 Å². The highest BCUT2D eigenvalue weighted by atomic mass is 32.2. The van der Waals surface area contributed by atoms with Crippen molar-refractivity contribution in [3.63, 3.8) is 0 Å². The molecule has 0 saturated carbocycles. The number of aromatic nitrogens is 1. The molecular formula is C12H14N2O3S. The first kappa shape index (κ1) is 12.6. The molecule has 5 nitrogen and oxygen atoms in total. The Kier molecular flexibility index (Phi) is 3.66. The molecule has 0 radical (unpaired) electrons. The molecule has 0 bridgehead atoms. The minimum absolute atomic E-state index is 0.289. The van der Waals surface area contributed by atoms with Crippen LogP contribution in [0.25, 0.3) is 11.1 Å². The van der Waals surface area contributed by atoms with Crippen LogP contribution in [0.15, 0.2) is 27.7 Å². The lowest BCUT2D eigenvalue weighted by molar-refractivity contribution is 0.354. The third-order valence-corrected chi connectivity index (χ3v) is 3.37. The van der Waals surface area contributed by atoms with Crippen molar-refractivity contribution < 1.29 is 14.0 Å². The summed E-state index contributed by atoms with van der Waals surface area (Å²) in [6, 6.07) is 3.78. The van der Waals surface area contributed by atoms with E-state index in [1.54, 1.807) is 32.2 Å². The van der Waals surface area contributed by atoms with E-state index in [4.69, 9.17) is 19.7 Å². The Morgan fingerprint density at radius 3 is 2.33 bits per heavy atom. The normalized spacial score (nSPS) is 10.4. The number of benzene rings is 1. The third kappa shape index (κ3) is 2.11. The molecular weight excluding hydrogens is 252 g/mol. The van der Waals surface area contributed by atoms with Crippen LogP contribution in [0, 0.1) is 0 Å². The Bertz CT molecular complexity index is 554.